The largest absolute Gasteiger partial charge is 0.493 e. The Morgan fingerprint density at radius 1 is 1.07 bits per heavy atom. The second-order valence-corrected chi connectivity index (χ2v) is 9.55. The van der Waals surface area contributed by atoms with Gasteiger partial charge in [-0.3, -0.25) is 4.79 Å². The number of rotatable bonds is 8. The first-order valence-corrected chi connectivity index (χ1v) is 11.5. The molecule has 1 saturated heterocycles. The summed E-state index contributed by atoms with van der Waals surface area (Å²) < 4.78 is 32.5. The minimum Gasteiger partial charge on any atom is -0.493 e. The summed E-state index contributed by atoms with van der Waals surface area (Å²) in [7, 11) is -3.46. The molecular formula is C22H28N2O4S. The number of sulfonamides is 1. The highest BCUT2D eigenvalue weighted by Gasteiger charge is 2.27. The van der Waals surface area contributed by atoms with Crippen molar-refractivity contribution in [3.05, 3.63) is 54.1 Å². The van der Waals surface area contributed by atoms with Gasteiger partial charge in [0.25, 0.3) is 5.91 Å². The second kappa shape index (κ2) is 9.41. The summed E-state index contributed by atoms with van der Waals surface area (Å²) in [5, 5.41) is 2.82. The average Bonchev–Trinajstić information content (AvgIpc) is 3.24. The summed E-state index contributed by atoms with van der Waals surface area (Å²) >= 11 is 0. The van der Waals surface area contributed by atoms with E-state index < -0.39 is 10.0 Å². The van der Waals surface area contributed by atoms with Gasteiger partial charge in [-0.15, -0.1) is 0 Å². The number of nitrogens with one attached hydrogen (secondary N) is 1. The zero-order valence-corrected chi connectivity index (χ0v) is 17.7. The van der Waals surface area contributed by atoms with Crippen molar-refractivity contribution in [1.29, 1.82) is 0 Å². The van der Waals surface area contributed by atoms with Crippen LogP contribution in [0.5, 0.6) is 5.75 Å². The lowest BCUT2D eigenvalue weighted by Gasteiger charge is -2.16. The van der Waals surface area contributed by atoms with Crippen LogP contribution in [-0.2, 0) is 10.0 Å². The molecular weight excluding hydrogens is 388 g/mol. The Hall–Kier alpha value is -2.38. The summed E-state index contributed by atoms with van der Waals surface area (Å²) in [6.07, 6.45) is 2.70. The zero-order chi connectivity index (χ0) is 20.9. The second-order valence-electron chi connectivity index (χ2n) is 7.62. The van der Waals surface area contributed by atoms with Gasteiger partial charge < -0.3 is 10.1 Å². The van der Waals surface area contributed by atoms with Crippen molar-refractivity contribution >= 4 is 21.6 Å². The SMILES string of the molecule is CC(C)CCOc1ccccc1C(=O)Nc1ccc(S(=O)(=O)N2CCCC2)cc1. The summed E-state index contributed by atoms with van der Waals surface area (Å²) in [5.41, 5.74) is 0.984. The minimum atomic E-state index is -3.46. The summed E-state index contributed by atoms with van der Waals surface area (Å²) in [4.78, 5) is 13.0. The number of hydrogen-bond donors (Lipinski definition) is 1. The van der Waals surface area contributed by atoms with Gasteiger partial charge in [-0.2, -0.15) is 4.31 Å². The first-order valence-electron chi connectivity index (χ1n) is 10.0. The smallest absolute Gasteiger partial charge is 0.259 e. The Morgan fingerprint density at radius 2 is 1.72 bits per heavy atom. The maximum atomic E-state index is 12.7. The van der Waals surface area contributed by atoms with E-state index in [1.54, 1.807) is 30.3 Å². The third-order valence-corrected chi connectivity index (χ3v) is 6.81. The van der Waals surface area contributed by atoms with Crippen LogP contribution in [0, 0.1) is 5.92 Å². The lowest BCUT2D eigenvalue weighted by molar-refractivity contribution is 0.102. The van der Waals surface area contributed by atoms with Gasteiger partial charge in [0.1, 0.15) is 5.75 Å². The van der Waals surface area contributed by atoms with Crippen molar-refractivity contribution in [3.8, 4) is 5.75 Å². The van der Waals surface area contributed by atoms with Gasteiger partial charge in [0, 0.05) is 18.8 Å². The molecule has 0 aromatic heterocycles. The quantitative estimate of drug-likeness (QED) is 0.701. The molecule has 1 heterocycles. The molecule has 1 aliphatic rings. The molecule has 0 aliphatic carbocycles. The van der Waals surface area contributed by atoms with E-state index in [1.165, 1.54) is 16.4 Å². The van der Waals surface area contributed by atoms with Gasteiger partial charge in [0.2, 0.25) is 10.0 Å². The molecule has 0 radical (unpaired) electrons. The monoisotopic (exact) mass is 416 g/mol. The molecule has 156 valence electrons. The van der Waals surface area contributed by atoms with E-state index >= 15 is 0 Å². The Morgan fingerprint density at radius 3 is 2.38 bits per heavy atom. The van der Waals surface area contributed by atoms with Gasteiger partial charge in [-0.25, -0.2) is 8.42 Å². The van der Waals surface area contributed by atoms with E-state index in [0.717, 1.165) is 19.3 Å². The van der Waals surface area contributed by atoms with E-state index in [1.807, 2.05) is 6.07 Å². The van der Waals surface area contributed by atoms with Gasteiger partial charge in [0.05, 0.1) is 17.1 Å². The highest BCUT2D eigenvalue weighted by molar-refractivity contribution is 7.89. The van der Waals surface area contributed by atoms with Crippen LogP contribution in [0.3, 0.4) is 0 Å². The molecule has 0 spiro atoms. The van der Waals surface area contributed by atoms with Crippen LogP contribution in [0.2, 0.25) is 0 Å². The zero-order valence-electron chi connectivity index (χ0n) is 16.9. The van der Waals surface area contributed by atoms with E-state index in [2.05, 4.69) is 19.2 Å². The van der Waals surface area contributed by atoms with Crippen molar-refractivity contribution in [2.24, 2.45) is 5.92 Å². The Kier molecular flexibility index (Phi) is 6.92. The van der Waals surface area contributed by atoms with Crippen molar-refractivity contribution < 1.29 is 17.9 Å². The highest BCUT2D eigenvalue weighted by Crippen LogP contribution is 2.24. The van der Waals surface area contributed by atoms with E-state index in [0.29, 0.717) is 42.6 Å². The maximum absolute atomic E-state index is 12.7. The summed E-state index contributed by atoms with van der Waals surface area (Å²) in [6.45, 7) is 5.92. The predicted octanol–water partition coefficient (Wildman–Crippen LogP) is 4.15. The number of nitrogens with zero attached hydrogens (tertiary/aromatic N) is 1. The van der Waals surface area contributed by atoms with Crippen LogP contribution in [0.4, 0.5) is 5.69 Å². The van der Waals surface area contributed by atoms with Crippen LogP contribution in [0.25, 0.3) is 0 Å². The Balaban J connectivity index is 1.68. The van der Waals surface area contributed by atoms with Gasteiger partial charge in [0.15, 0.2) is 0 Å². The maximum Gasteiger partial charge on any atom is 0.259 e. The number of benzene rings is 2. The Bertz CT molecular complexity index is 934. The molecule has 7 heteroatoms. The average molecular weight is 417 g/mol. The van der Waals surface area contributed by atoms with Crippen LogP contribution < -0.4 is 10.1 Å². The molecule has 3 rings (SSSR count). The fourth-order valence-electron chi connectivity index (χ4n) is 3.17. The summed E-state index contributed by atoms with van der Waals surface area (Å²) in [6, 6.07) is 13.4. The van der Waals surface area contributed by atoms with Crippen LogP contribution in [0.15, 0.2) is 53.4 Å². The third-order valence-electron chi connectivity index (χ3n) is 4.90. The number of carbonyl (C=O) groups is 1. The molecule has 2 aromatic rings. The number of para-hydroxylation sites is 1. The molecule has 0 atom stereocenters. The van der Waals surface area contributed by atoms with Crippen LogP contribution in [0.1, 0.15) is 43.5 Å². The molecule has 6 nitrogen and oxygen atoms in total. The van der Waals surface area contributed by atoms with Gasteiger partial charge in [-0.05, 0) is 61.6 Å². The number of hydrogen-bond acceptors (Lipinski definition) is 4. The normalized spacial score (nSPS) is 14.9. The molecule has 1 aliphatic heterocycles. The van der Waals surface area contributed by atoms with Gasteiger partial charge >= 0.3 is 0 Å². The van der Waals surface area contributed by atoms with E-state index in [4.69, 9.17) is 4.74 Å². The number of amides is 1. The number of carbonyl (C=O) groups excluding carboxylic acids is 1. The van der Waals surface area contributed by atoms with E-state index in [9.17, 15) is 13.2 Å². The van der Waals surface area contributed by atoms with Crippen molar-refractivity contribution in [3.63, 3.8) is 0 Å². The standard InChI is InChI=1S/C22H28N2O4S/c1-17(2)13-16-28-21-8-4-3-7-20(21)22(25)23-18-9-11-19(12-10-18)29(26,27)24-14-5-6-15-24/h3-4,7-12,17H,5-6,13-16H2,1-2H3,(H,23,25). The van der Waals surface area contributed by atoms with Gasteiger partial charge in [-0.1, -0.05) is 26.0 Å². The fourth-order valence-corrected chi connectivity index (χ4v) is 4.69. The van der Waals surface area contributed by atoms with E-state index in [-0.39, 0.29) is 10.8 Å². The molecule has 29 heavy (non-hydrogen) atoms. The molecule has 0 bridgehead atoms. The first-order chi connectivity index (χ1) is 13.9. The third kappa shape index (κ3) is 5.36. The Labute approximate surface area is 172 Å². The lowest BCUT2D eigenvalue weighted by atomic mass is 10.1. The topological polar surface area (TPSA) is 75.7 Å². The van der Waals surface area contributed by atoms with Crippen molar-refractivity contribution in [2.75, 3.05) is 25.0 Å². The highest BCUT2D eigenvalue weighted by atomic mass is 32.2. The predicted molar refractivity (Wildman–Crippen MR) is 114 cm³/mol. The summed E-state index contributed by atoms with van der Waals surface area (Å²) in [5.74, 6) is 0.769. The molecule has 2 aromatic carbocycles. The fraction of sp³-hybridized carbons (Fsp3) is 0.409. The minimum absolute atomic E-state index is 0.245. The van der Waals surface area contributed by atoms with Crippen molar-refractivity contribution in [2.45, 2.75) is 38.0 Å². The number of ether oxygens (including phenoxy) is 1. The van der Waals surface area contributed by atoms with Crippen LogP contribution >= 0.6 is 0 Å². The lowest BCUT2D eigenvalue weighted by Crippen LogP contribution is -2.27. The first kappa shape index (κ1) is 21.3. The van der Waals surface area contributed by atoms with Crippen LogP contribution in [-0.4, -0.2) is 38.3 Å². The molecule has 1 N–H and O–H groups in total. The van der Waals surface area contributed by atoms with Crippen molar-refractivity contribution in [1.82, 2.24) is 4.31 Å². The molecule has 1 fully saturated rings. The molecule has 0 unspecified atom stereocenters. The molecule has 1 amide bonds. The molecule has 0 saturated carbocycles. The number of anilines is 1.